The van der Waals surface area contributed by atoms with Crippen molar-refractivity contribution >= 4 is 39.5 Å². The predicted octanol–water partition coefficient (Wildman–Crippen LogP) is 21.4. The molecule has 19 heteroatoms. The molecule has 3 unspecified atom stereocenters. The molecule has 0 fully saturated rings. The van der Waals surface area contributed by atoms with Crippen molar-refractivity contribution in [1.29, 1.82) is 0 Å². The van der Waals surface area contributed by atoms with Gasteiger partial charge in [0.25, 0.3) is 0 Å². The molecular formula is C74H144O17P2. The van der Waals surface area contributed by atoms with Crippen LogP contribution in [0.1, 0.15) is 376 Å². The maximum absolute atomic E-state index is 13.1. The van der Waals surface area contributed by atoms with E-state index < -0.39 is 97.5 Å². The van der Waals surface area contributed by atoms with E-state index in [-0.39, 0.29) is 25.7 Å². The molecule has 3 N–H and O–H groups in total. The Morgan fingerprint density at radius 2 is 0.548 bits per heavy atom. The first kappa shape index (κ1) is 91.1. The Kier molecular flexibility index (Phi) is 63.4. The van der Waals surface area contributed by atoms with Gasteiger partial charge in [0.2, 0.25) is 0 Å². The van der Waals surface area contributed by atoms with Crippen LogP contribution in [-0.2, 0) is 65.4 Å². The molecule has 0 aliphatic heterocycles. The lowest BCUT2D eigenvalue weighted by molar-refractivity contribution is -0.161. The van der Waals surface area contributed by atoms with Crippen LogP contribution in [0.4, 0.5) is 0 Å². The number of unbranched alkanes of at least 4 members (excludes halogenated alkanes) is 39. The molecule has 0 aromatic rings. The summed E-state index contributed by atoms with van der Waals surface area (Å²) in [5, 5.41) is 10.6. The number of esters is 4. The lowest BCUT2D eigenvalue weighted by atomic mass is 9.99. The molecule has 0 saturated heterocycles. The van der Waals surface area contributed by atoms with E-state index in [0.29, 0.717) is 31.6 Å². The second kappa shape index (κ2) is 64.7. The minimum Gasteiger partial charge on any atom is -0.462 e. The van der Waals surface area contributed by atoms with Crippen molar-refractivity contribution in [3.63, 3.8) is 0 Å². The number of carbonyl (C=O) groups excluding carboxylic acids is 4. The highest BCUT2D eigenvalue weighted by Gasteiger charge is 2.30. The number of phosphoric ester groups is 2. The SMILES string of the molecule is CCCCCCCCCCCC(=O)OC[C@H](COP(=O)(O)OC[C@H](O)COP(=O)(O)OC[C@@H](COC(=O)CCCCCCCCCCCCCCCCC(C)C)OC(=O)CCCCCCCCCCCCCCCCC(C)CC)OC(=O)CCCCCCCCC(C)C. The molecule has 0 amide bonds. The van der Waals surface area contributed by atoms with Crippen LogP contribution in [0, 0.1) is 17.8 Å². The topological polar surface area (TPSA) is 237 Å². The van der Waals surface area contributed by atoms with Gasteiger partial charge in [-0.25, -0.2) is 9.13 Å². The van der Waals surface area contributed by atoms with Gasteiger partial charge in [-0.2, -0.15) is 0 Å². The summed E-state index contributed by atoms with van der Waals surface area (Å²) in [5.74, 6) is 0.189. The second-order valence-electron chi connectivity index (χ2n) is 27.9. The molecule has 552 valence electrons. The predicted molar refractivity (Wildman–Crippen MR) is 377 cm³/mol. The molecule has 0 aliphatic carbocycles. The Balaban J connectivity index is 5.20. The van der Waals surface area contributed by atoms with Gasteiger partial charge in [-0.05, 0) is 43.4 Å². The summed E-state index contributed by atoms with van der Waals surface area (Å²) >= 11 is 0. The van der Waals surface area contributed by atoms with Crippen LogP contribution in [0.3, 0.4) is 0 Å². The summed E-state index contributed by atoms with van der Waals surface area (Å²) < 4.78 is 68.3. The number of hydrogen-bond acceptors (Lipinski definition) is 15. The van der Waals surface area contributed by atoms with Gasteiger partial charge in [0.1, 0.15) is 19.3 Å². The van der Waals surface area contributed by atoms with Crippen molar-refractivity contribution in [1.82, 2.24) is 0 Å². The average Bonchev–Trinajstić information content (AvgIpc) is 2.49. The monoisotopic (exact) mass is 1370 g/mol. The standard InChI is InChI=1S/C74H144O17P2/c1-8-10-11-12-13-26-33-41-48-55-71(76)84-62-70(91-74(79)58-51-44-37-36-39-46-53-66(5)6)64-89-93(82,83)87-60-68(75)59-86-92(80,81)88-63-69(61-85-72(77)56-49-42-34-29-24-20-16-14-18-22-27-31-38-45-52-65(3)4)90-73(78)57-50-43-35-30-25-21-17-15-19-23-28-32-40-47-54-67(7)9-2/h65-70,75H,8-64H2,1-7H3,(H,80,81)(H,82,83)/t67?,68-,69-,70-/m1/s1. The van der Waals surface area contributed by atoms with E-state index in [1.54, 1.807) is 0 Å². The maximum atomic E-state index is 13.1. The fraction of sp³-hybridized carbons (Fsp3) is 0.946. The fourth-order valence-electron chi connectivity index (χ4n) is 11.2. The number of aliphatic hydroxyl groups is 1. The molecule has 0 bridgehead atoms. The first-order valence-electron chi connectivity index (χ1n) is 38.4. The number of hydrogen-bond donors (Lipinski definition) is 3. The molecule has 93 heavy (non-hydrogen) atoms. The van der Waals surface area contributed by atoms with Crippen molar-refractivity contribution in [2.75, 3.05) is 39.6 Å². The van der Waals surface area contributed by atoms with Gasteiger partial charge in [-0.15, -0.1) is 0 Å². The molecule has 6 atom stereocenters. The Hall–Kier alpha value is -1.94. The lowest BCUT2D eigenvalue weighted by Crippen LogP contribution is -2.30. The van der Waals surface area contributed by atoms with Crippen LogP contribution in [0.2, 0.25) is 0 Å². The Bertz CT molecular complexity index is 1820. The van der Waals surface area contributed by atoms with Crippen molar-refractivity contribution in [3.05, 3.63) is 0 Å². The van der Waals surface area contributed by atoms with Gasteiger partial charge in [0, 0.05) is 25.7 Å². The van der Waals surface area contributed by atoms with Crippen LogP contribution in [0.15, 0.2) is 0 Å². The summed E-state index contributed by atoms with van der Waals surface area (Å²) in [7, 11) is -9.90. The highest BCUT2D eigenvalue weighted by molar-refractivity contribution is 7.47. The summed E-state index contributed by atoms with van der Waals surface area (Å²) in [5.41, 5.74) is 0. The maximum Gasteiger partial charge on any atom is 0.472 e. The zero-order valence-corrected chi connectivity index (χ0v) is 62.5. The third-order valence-electron chi connectivity index (χ3n) is 17.5. The van der Waals surface area contributed by atoms with Crippen LogP contribution in [0.5, 0.6) is 0 Å². The van der Waals surface area contributed by atoms with E-state index in [0.717, 1.165) is 102 Å². The molecule has 0 aromatic carbocycles. The molecule has 0 aromatic heterocycles. The third kappa shape index (κ3) is 67.0. The van der Waals surface area contributed by atoms with E-state index in [9.17, 15) is 43.2 Å². The summed E-state index contributed by atoms with van der Waals surface area (Å²) in [6, 6.07) is 0. The highest BCUT2D eigenvalue weighted by Crippen LogP contribution is 2.45. The molecule has 0 aliphatic rings. The number of carbonyl (C=O) groups is 4. The normalized spacial score (nSPS) is 14.4. The van der Waals surface area contributed by atoms with E-state index in [2.05, 4.69) is 48.5 Å². The quantitative estimate of drug-likeness (QED) is 0.0222. The summed E-state index contributed by atoms with van der Waals surface area (Å²) in [6.07, 6.45) is 50.1. The first-order valence-corrected chi connectivity index (χ1v) is 41.4. The average molecular weight is 1370 g/mol. The summed E-state index contributed by atoms with van der Waals surface area (Å²) in [6.45, 7) is 11.9. The number of rotatable bonds is 72. The second-order valence-corrected chi connectivity index (χ2v) is 30.8. The number of ether oxygens (including phenoxy) is 4. The molecule has 0 saturated carbocycles. The van der Waals surface area contributed by atoms with E-state index >= 15 is 0 Å². The smallest absolute Gasteiger partial charge is 0.462 e. The molecule has 0 spiro atoms. The fourth-order valence-corrected chi connectivity index (χ4v) is 12.8. The highest BCUT2D eigenvalue weighted by atomic mass is 31.2. The van der Waals surface area contributed by atoms with E-state index in [4.69, 9.17) is 37.0 Å². The minimum atomic E-state index is -4.96. The van der Waals surface area contributed by atoms with Crippen LogP contribution in [0.25, 0.3) is 0 Å². The van der Waals surface area contributed by atoms with Crippen LogP contribution < -0.4 is 0 Å². The molecule has 17 nitrogen and oxygen atoms in total. The minimum absolute atomic E-state index is 0.102. The van der Waals surface area contributed by atoms with Crippen molar-refractivity contribution in [2.45, 2.75) is 394 Å². The number of phosphoric acid groups is 2. The molecule has 0 rings (SSSR count). The van der Waals surface area contributed by atoms with Crippen LogP contribution in [-0.4, -0.2) is 96.7 Å². The Labute approximate surface area is 568 Å². The zero-order valence-electron chi connectivity index (χ0n) is 60.7. The Morgan fingerprint density at radius 1 is 0.312 bits per heavy atom. The van der Waals surface area contributed by atoms with Gasteiger partial charge < -0.3 is 33.8 Å². The van der Waals surface area contributed by atoms with Gasteiger partial charge >= 0.3 is 39.5 Å². The molecule has 0 radical (unpaired) electrons. The Morgan fingerprint density at radius 3 is 0.817 bits per heavy atom. The van der Waals surface area contributed by atoms with Gasteiger partial charge in [-0.1, -0.05) is 325 Å². The third-order valence-corrected chi connectivity index (χ3v) is 19.4. The molecular weight excluding hydrogens is 1220 g/mol. The zero-order chi connectivity index (χ0) is 68.7. The summed E-state index contributed by atoms with van der Waals surface area (Å²) in [4.78, 5) is 72.6. The van der Waals surface area contributed by atoms with Crippen molar-refractivity contribution in [3.8, 4) is 0 Å². The van der Waals surface area contributed by atoms with Gasteiger partial charge in [0.15, 0.2) is 12.2 Å². The van der Waals surface area contributed by atoms with Gasteiger partial charge in [-0.3, -0.25) is 37.3 Å². The lowest BCUT2D eigenvalue weighted by Gasteiger charge is -2.21. The largest absolute Gasteiger partial charge is 0.472 e. The first-order chi connectivity index (χ1) is 44.8. The molecule has 0 heterocycles. The van der Waals surface area contributed by atoms with Crippen molar-refractivity contribution in [2.24, 2.45) is 17.8 Å². The van der Waals surface area contributed by atoms with E-state index in [1.807, 2.05) is 0 Å². The van der Waals surface area contributed by atoms with Crippen molar-refractivity contribution < 1.29 is 80.2 Å². The van der Waals surface area contributed by atoms with Gasteiger partial charge in [0.05, 0.1) is 26.4 Å². The number of aliphatic hydroxyl groups excluding tert-OH is 1. The van der Waals surface area contributed by atoms with Crippen LogP contribution >= 0.6 is 15.6 Å². The van der Waals surface area contributed by atoms with E-state index in [1.165, 1.54) is 186 Å².